The quantitative estimate of drug-likeness (QED) is 0.669. The molecule has 1 aromatic heterocycles. The van der Waals surface area contributed by atoms with E-state index < -0.39 is 0 Å². The van der Waals surface area contributed by atoms with Gasteiger partial charge in [-0.15, -0.1) is 0 Å². The first-order valence-electron chi connectivity index (χ1n) is 8.98. The summed E-state index contributed by atoms with van der Waals surface area (Å²) in [5.41, 5.74) is 8.39. The molecule has 2 aromatic carbocycles. The Kier molecular flexibility index (Phi) is 6.01. The third kappa shape index (κ3) is 4.35. The van der Waals surface area contributed by atoms with E-state index in [2.05, 4.69) is 10.1 Å². The lowest BCUT2D eigenvalue weighted by Gasteiger charge is -2.12. The van der Waals surface area contributed by atoms with E-state index in [0.717, 1.165) is 11.3 Å². The van der Waals surface area contributed by atoms with E-state index in [9.17, 15) is 4.79 Å². The van der Waals surface area contributed by atoms with Crippen molar-refractivity contribution in [3.8, 4) is 11.4 Å². The number of hydrogen-bond acceptors (Lipinski definition) is 5. The summed E-state index contributed by atoms with van der Waals surface area (Å²) in [5, 5.41) is 4.53. The highest BCUT2D eigenvalue weighted by molar-refractivity contribution is 6.08. The van der Waals surface area contributed by atoms with Gasteiger partial charge in [0.15, 0.2) is 11.4 Å². The second-order valence-electron chi connectivity index (χ2n) is 6.08. The van der Waals surface area contributed by atoms with Crippen LogP contribution in [-0.4, -0.2) is 22.1 Å². The summed E-state index contributed by atoms with van der Waals surface area (Å²) < 4.78 is 7.19. The molecule has 3 rings (SSSR count). The van der Waals surface area contributed by atoms with E-state index in [1.165, 1.54) is 6.20 Å². The number of aliphatic imine (C=N–C) groups is 1. The van der Waals surface area contributed by atoms with Crippen LogP contribution in [0.3, 0.4) is 0 Å². The molecule has 0 saturated heterocycles. The Balaban J connectivity index is 2.22. The van der Waals surface area contributed by atoms with Crippen molar-refractivity contribution >= 4 is 11.4 Å². The van der Waals surface area contributed by atoms with Crippen LogP contribution >= 0.6 is 0 Å². The molecule has 0 fully saturated rings. The average Bonchev–Trinajstić information content (AvgIpc) is 2.70. The highest BCUT2D eigenvalue weighted by Crippen LogP contribution is 2.15. The van der Waals surface area contributed by atoms with Gasteiger partial charge in [0.2, 0.25) is 0 Å². The molecule has 0 unspecified atom stereocenters. The number of rotatable bonds is 6. The highest BCUT2D eigenvalue weighted by Gasteiger charge is 2.16. The molecule has 0 spiro atoms. The maximum Gasteiger partial charge on any atom is 0.251 e. The van der Waals surface area contributed by atoms with Crippen LogP contribution < -0.4 is 15.9 Å². The summed E-state index contributed by atoms with van der Waals surface area (Å²) in [6, 6.07) is 17.1. The summed E-state index contributed by atoms with van der Waals surface area (Å²) in [7, 11) is 0. The smallest absolute Gasteiger partial charge is 0.251 e. The Morgan fingerprint density at radius 1 is 1.21 bits per heavy atom. The predicted molar refractivity (Wildman–Crippen MR) is 112 cm³/mol. The fraction of sp³-hybridized carbons (Fsp3) is 0.136. The van der Waals surface area contributed by atoms with E-state index in [1.54, 1.807) is 17.0 Å². The van der Waals surface area contributed by atoms with Crippen LogP contribution in [0.5, 0.6) is 5.75 Å². The molecule has 142 valence electrons. The number of aryl methyl sites for hydroxylation is 1. The summed E-state index contributed by atoms with van der Waals surface area (Å²) in [6.45, 7) is 4.19. The maximum absolute atomic E-state index is 13.0. The molecule has 0 aliphatic rings. The average molecular weight is 374 g/mol. The molecule has 0 saturated carbocycles. The van der Waals surface area contributed by atoms with Crippen LogP contribution in [0.25, 0.3) is 5.69 Å². The first-order chi connectivity index (χ1) is 13.6. The number of aromatic nitrogens is 2. The second-order valence-corrected chi connectivity index (χ2v) is 6.08. The van der Waals surface area contributed by atoms with Crippen LogP contribution in [0.4, 0.5) is 5.69 Å². The minimum atomic E-state index is -0.335. The SMILES string of the molecule is CCOc1cn(-c2cccc(C)c2)nc(C(C=CN)=Nc2ccccc2)c1=O. The molecule has 0 aliphatic carbocycles. The molecule has 6 nitrogen and oxygen atoms in total. The van der Waals surface area contributed by atoms with Gasteiger partial charge < -0.3 is 10.5 Å². The van der Waals surface area contributed by atoms with Crippen LogP contribution in [-0.2, 0) is 0 Å². The number of ether oxygens (including phenoxy) is 1. The minimum Gasteiger partial charge on any atom is -0.488 e. The van der Waals surface area contributed by atoms with Crippen molar-refractivity contribution in [2.45, 2.75) is 13.8 Å². The summed E-state index contributed by atoms with van der Waals surface area (Å²) in [5.74, 6) is 0.209. The second kappa shape index (κ2) is 8.81. The number of benzene rings is 2. The van der Waals surface area contributed by atoms with Gasteiger partial charge in [0.05, 0.1) is 29.9 Å². The van der Waals surface area contributed by atoms with Crippen molar-refractivity contribution in [2.75, 3.05) is 6.61 Å². The largest absolute Gasteiger partial charge is 0.488 e. The fourth-order valence-electron chi connectivity index (χ4n) is 2.70. The van der Waals surface area contributed by atoms with Crippen molar-refractivity contribution in [1.82, 2.24) is 9.78 Å². The van der Waals surface area contributed by atoms with E-state index >= 15 is 0 Å². The first kappa shape index (κ1) is 19.1. The van der Waals surface area contributed by atoms with Gasteiger partial charge in [-0.1, -0.05) is 30.3 Å². The molecule has 1 heterocycles. The van der Waals surface area contributed by atoms with Crippen molar-refractivity contribution in [1.29, 1.82) is 0 Å². The molecule has 0 radical (unpaired) electrons. The number of nitrogens with zero attached hydrogens (tertiary/aromatic N) is 3. The highest BCUT2D eigenvalue weighted by atomic mass is 16.5. The lowest BCUT2D eigenvalue weighted by atomic mass is 10.2. The van der Waals surface area contributed by atoms with Crippen LogP contribution in [0, 0.1) is 6.92 Å². The van der Waals surface area contributed by atoms with E-state index in [0.29, 0.717) is 18.0 Å². The van der Waals surface area contributed by atoms with Crippen LogP contribution in [0.2, 0.25) is 0 Å². The van der Waals surface area contributed by atoms with Crippen molar-refractivity contribution in [3.05, 3.63) is 94.6 Å². The van der Waals surface area contributed by atoms with Gasteiger partial charge in [-0.3, -0.25) is 4.79 Å². The zero-order chi connectivity index (χ0) is 19.9. The molecule has 3 aromatic rings. The van der Waals surface area contributed by atoms with Crippen molar-refractivity contribution in [2.24, 2.45) is 10.7 Å². The number of hydrogen-bond donors (Lipinski definition) is 1. The van der Waals surface area contributed by atoms with Crippen LogP contribution in [0.15, 0.2) is 82.9 Å². The summed E-state index contributed by atoms with van der Waals surface area (Å²) in [4.78, 5) is 17.5. The van der Waals surface area contributed by atoms with Gasteiger partial charge in [0.1, 0.15) is 0 Å². The van der Waals surface area contributed by atoms with E-state index in [-0.39, 0.29) is 16.9 Å². The first-order valence-corrected chi connectivity index (χ1v) is 8.98. The third-order valence-electron chi connectivity index (χ3n) is 3.95. The molecule has 28 heavy (non-hydrogen) atoms. The summed E-state index contributed by atoms with van der Waals surface area (Å²) >= 11 is 0. The Hall–Kier alpha value is -3.67. The zero-order valence-electron chi connectivity index (χ0n) is 15.9. The molecule has 0 atom stereocenters. The summed E-state index contributed by atoms with van der Waals surface area (Å²) in [6.07, 6.45) is 4.50. The van der Waals surface area contributed by atoms with Gasteiger partial charge in [0, 0.05) is 0 Å². The molecule has 0 amide bonds. The van der Waals surface area contributed by atoms with Crippen molar-refractivity contribution < 1.29 is 4.74 Å². The van der Waals surface area contributed by atoms with Gasteiger partial charge >= 0.3 is 0 Å². The van der Waals surface area contributed by atoms with Gasteiger partial charge in [0.25, 0.3) is 5.43 Å². The van der Waals surface area contributed by atoms with Crippen LogP contribution in [0.1, 0.15) is 18.2 Å². The van der Waals surface area contributed by atoms with E-state index in [1.807, 2.05) is 68.4 Å². The van der Waals surface area contributed by atoms with Crippen molar-refractivity contribution in [3.63, 3.8) is 0 Å². The molecule has 6 heteroatoms. The van der Waals surface area contributed by atoms with E-state index in [4.69, 9.17) is 10.5 Å². The number of para-hydroxylation sites is 1. The number of allylic oxidation sites excluding steroid dienone is 1. The van der Waals surface area contributed by atoms with Gasteiger partial charge in [-0.05, 0) is 56.0 Å². The zero-order valence-corrected chi connectivity index (χ0v) is 15.9. The monoisotopic (exact) mass is 374 g/mol. The fourth-order valence-corrected chi connectivity index (χ4v) is 2.70. The van der Waals surface area contributed by atoms with Gasteiger partial charge in [-0.25, -0.2) is 9.67 Å². The maximum atomic E-state index is 13.0. The predicted octanol–water partition coefficient (Wildman–Crippen LogP) is 3.53. The minimum absolute atomic E-state index is 0.165. The molecule has 0 aliphatic heterocycles. The number of nitrogens with two attached hydrogens (primary N) is 1. The van der Waals surface area contributed by atoms with Gasteiger partial charge in [-0.2, -0.15) is 5.10 Å². The molecule has 2 N–H and O–H groups in total. The lowest BCUT2D eigenvalue weighted by molar-refractivity contribution is 0.333. The Labute approximate surface area is 163 Å². The normalized spacial score (nSPS) is 11.7. The molecular weight excluding hydrogens is 352 g/mol. The topological polar surface area (TPSA) is 82.5 Å². The Morgan fingerprint density at radius 2 is 2.00 bits per heavy atom. The standard InChI is InChI=1S/C22H22N4O2/c1-3-28-20-15-26(18-11-7-8-16(2)14-18)25-21(22(20)27)19(12-13-23)24-17-9-5-4-6-10-17/h4-15H,3,23H2,1-2H3. The lowest BCUT2D eigenvalue weighted by Crippen LogP contribution is -2.23. The molecule has 0 bridgehead atoms. The molecular formula is C22H22N4O2. The Bertz CT molecular complexity index is 1070. The third-order valence-corrected chi connectivity index (χ3v) is 3.95. The Morgan fingerprint density at radius 3 is 2.68 bits per heavy atom.